The van der Waals surface area contributed by atoms with Crippen LogP contribution in [0.4, 0.5) is 10.2 Å². The van der Waals surface area contributed by atoms with Gasteiger partial charge in [0, 0.05) is 43.3 Å². The Morgan fingerprint density at radius 1 is 1.03 bits per heavy atom. The summed E-state index contributed by atoms with van der Waals surface area (Å²) in [7, 11) is 1.63. The number of amides is 2. The van der Waals surface area contributed by atoms with Crippen LogP contribution in [0.1, 0.15) is 37.0 Å². The van der Waals surface area contributed by atoms with Gasteiger partial charge in [0.2, 0.25) is 5.91 Å². The number of hydrogen-bond donors (Lipinski definition) is 0. The highest BCUT2D eigenvalue weighted by Crippen LogP contribution is 2.23. The van der Waals surface area contributed by atoms with E-state index in [1.807, 2.05) is 50.2 Å². The topological polar surface area (TPSA) is 78.9 Å². The van der Waals surface area contributed by atoms with Crippen molar-refractivity contribution in [2.45, 2.75) is 32.7 Å². The van der Waals surface area contributed by atoms with E-state index >= 15 is 0 Å². The van der Waals surface area contributed by atoms with Crippen LogP contribution in [0.3, 0.4) is 0 Å². The highest BCUT2D eigenvalue weighted by atomic mass is 19.1. The van der Waals surface area contributed by atoms with Crippen LogP contribution in [0.25, 0.3) is 11.3 Å². The van der Waals surface area contributed by atoms with Crippen LogP contribution in [0, 0.1) is 5.82 Å². The molecule has 1 aromatic heterocycles. The number of rotatable bonds is 8. The highest BCUT2D eigenvalue weighted by Gasteiger charge is 2.27. The second-order valence-electron chi connectivity index (χ2n) is 9.43. The molecule has 4 rings (SSSR count). The lowest BCUT2D eigenvalue weighted by atomic mass is 10.1. The van der Waals surface area contributed by atoms with E-state index in [0.29, 0.717) is 26.1 Å². The van der Waals surface area contributed by atoms with E-state index in [-0.39, 0.29) is 30.0 Å². The summed E-state index contributed by atoms with van der Waals surface area (Å²) < 4.78 is 19.0. The summed E-state index contributed by atoms with van der Waals surface area (Å²) in [5.41, 5.74) is 1.93. The molecule has 1 fully saturated rings. The fraction of sp³-hybridized carbons (Fsp3) is 0.379. The predicted octanol–water partition coefficient (Wildman–Crippen LogP) is 4.27. The summed E-state index contributed by atoms with van der Waals surface area (Å²) >= 11 is 0. The van der Waals surface area contributed by atoms with Crippen LogP contribution in [-0.2, 0) is 4.79 Å². The molecule has 38 heavy (non-hydrogen) atoms. The molecule has 8 nitrogen and oxygen atoms in total. The van der Waals surface area contributed by atoms with Crippen molar-refractivity contribution in [3.05, 3.63) is 72.0 Å². The largest absolute Gasteiger partial charge is 0.497 e. The van der Waals surface area contributed by atoms with Gasteiger partial charge in [-0.3, -0.25) is 9.59 Å². The molecule has 0 spiro atoms. The number of anilines is 1. The number of carbonyl (C=O) groups is 2. The second-order valence-corrected chi connectivity index (χ2v) is 9.43. The number of aromatic nitrogens is 2. The van der Waals surface area contributed by atoms with Gasteiger partial charge in [0.25, 0.3) is 5.91 Å². The molecule has 200 valence electrons. The van der Waals surface area contributed by atoms with E-state index in [1.54, 1.807) is 23.0 Å². The minimum absolute atomic E-state index is 0.0423. The minimum atomic E-state index is -0.474. The van der Waals surface area contributed by atoms with Gasteiger partial charge >= 0.3 is 0 Å². The van der Waals surface area contributed by atoms with Crippen LogP contribution >= 0.6 is 0 Å². The van der Waals surface area contributed by atoms with Gasteiger partial charge in [0.1, 0.15) is 18.1 Å². The van der Waals surface area contributed by atoms with Crippen LogP contribution in [0.2, 0.25) is 0 Å². The number of halogens is 1. The third kappa shape index (κ3) is 6.45. The molecule has 0 saturated carbocycles. The number of ether oxygens (including phenoxy) is 1. The van der Waals surface area contributed by atoms with Gasteiger partial charge < -0.3 is 19.4 Å². The van der Waals surface area contributed by atoms with Crippen molar-refractivity contribution in [2.75, 3.05) is 44.7 Å². The molecule has 2 aromatic carbocycles. The normalized spacial score (nSPS) is 14.5. The van der Waals surface area contributed by atoms with Gasteiger partial charge in [0.15, 0.2) is 5.82 Å². The van der Waals surface area contributed by atoms with Crippen molar-refractivity contribution in [2.24, 2.45) is 0 Å². The van der Waals surface area contributed by atoms with E-state index in [9.17, 15) is 14.0 Å². The van der Waals surface area contributed by atoms with Crippen LogP contribution in [0.15, 0.2) is 60.7 Å². The van der Waals surface area contributed by atoms with E-state index in [1.165, 1.54) is 18.2 Å². The van der Waals surface area contributed by atoms with Crippen molar-refractivity contribution in [1.82, 2.24) is 20.0 Å². The first-order valence-electron chi connectivity index (χ1n) is 13.0. The Morgan fingerprint density at radius 2 is 1.84 bits per heavy atom. The molecule has 1 aliphatic heterocycles. The Bertz CT molecular complexity index is 1250. The molecule has 0 radical (unpaired) electrons. The smallest absolute Gasteiger partial charge is 0.254 e. The zero-order valence-corrected chi connectivity index (χ0v) is 22.1. The number of nitrogens with zero attached hydrogens (tertiary/aromatic N) is 5. The number of carbonyl (C=O) groups excluding carboxylic acids is 2. The number of benzene rings is 2. The Kier molecular flexibility index (Phi) is 8.89. The highest BCUT2D eigenvalue weighted by molar-refractivity contribution is 5.96. The van der Waals surface area contributed by atoms with Crippen LogP contribution in [-0.4, -0.2) is 77.7 Å². The maximum atomic E-state index is 13.7. The summed E-state index contributed by atoms with van der Waals surface area (Å²) in [4.78, 5) is 31.9. The van der Waals surface area contributed by atoms with Crippen molar-refractivity contribution in [1.29, 1.82) is 0 Å². The molecule has 9 heteroatoms. The summed E-state index contributed by atoms with van der Waals surface area (Å²) in [6.45, 7) is 6.29. The van der Waals surface area contributed by atoms with Crippen molar-refractivity contribution in [3.8, 4) is 17.0 Å². The molecule has 0 bridgehead atoms. The quantitative estimate of drug-likeness (QED) is 0.442. The fourth-order valence-corrected chi connectivity index (χ4v) is 4.51. The summed E-state index contributed by atoms with van der Waals surface area (Å²) in [5.74, 6) is 0.591. The monoisotopic (exact) mass is 519 g/mol. The van der Waals surface area contributed by atoms with E-state index in [0.717, 1.165) is 35.8 Å². The van der Waals surface area contributed by atoms with E-state index < -0.39 is 5.82 Å². The van der Waals surface area contributed by atoms with Crippen molar-refractivity contribution >= 4 is 17.6 Å². The van der Waals surface area contributed by atoms with Crippen LogP contribution < -0.4 is 9.64 Å². The minimum Gasteiger partial charge on any atom is -0.497 e. The first-order chi connectivity index (χ1) is 18.4. The first kappa shape index (κ1) is 27.0. The van der Waals surface area contributed by atoms with Gasteiger partial charge in [-0.25, -0.2) is 4.39 Å². The lowest BCUT2D eigenvalue weighted by molar-refractivity contribution is -0.132. The van der Waals surface area contributed by atoms with Crippen LogP contribution in [0.5, 0.6) is 5.75 Å². The van der Waals surface area contributed by atoms with Gasteiger partial charge in [-0.15, -0.1) is 10.2 Å². The zero-order valence-electron chi connectivity index (χ0n) is 22.1. The summed E-state index contributed by atoms with van der Waals surface area (Å²) in [5, 5.41) is 8.85. The number of hydrogen-bond acceptors (Lipinski definition) is 6. The lowest BCUT2D eigenvalue weighted by Crippen LogP contribution is -2.47. The van der Waals surface area contributed by atoms with Gasteiger partial charge in [-0.1, -0.05) is 25.1 Å². The summed E-state index contributed by atoms with van der Waals surface area (Å²) in [6, 6.07) is 17.0. The molecular formula is C29H34FN5O3. The van der Waals surface area contributed by atoms with Gasteiger partial charge in [0.05, 0.1) is 12.8 Å². The Balaban J connectivity index is 1.40. The van der Waals surface area contributed by atoms with E-state index in [2.05, 4.69) is 15.1 Å². The van der Waals surface area contributed by atoms with Gasteiger partial charge in [-0.2, -0.15) is 0 Å². The summed E-state index contributed by atoms with van der Waals surface area (Å²) in [6.07, 6.45) is 1.46. The molecule has 2 heterocycles. The second kappa shape index (κ2) is 12.5. The molecule has 2 amide bonds. The Hall–Kier alpha value is -4.01. The maximum absolute atomic E-state index is 13.7. The zero-order chi connectivity index (χ0) is 27.1. The first-order valence-corrected chi connectivity index (χ1v) is 13.0. The molecule has 0 unspecified atom stereocenters. The van der Waals surface area contributed by atoms with Crippen molar-refractivity contribution in [3.63, 3.8) is 0 Å². The molecule has 1 aliphatic rings. The fourth-order valence-electron chi connectivity index (χ4n) is 4.51. The third-order valence-corrected chi connectivity index (χ3v) is 6.95. The standard InChI is InChI=1S/C29H34FN5O3/c1-4-21(2)35(29(37)23-9-5-10-24(30)18-23)20-28(36)34-15-7-14-33(16-17-34)27-13-12-26(31-32-27)22-8-6-11-25(19-22)38-3/h5-6,8-13,18-19,21H,4,7,14-17,20H2,1-3H3/t21-/m0/s1. The Labute approximate surface area is 223 Å². The SMILES string of the molecule is CC[C@H](C)N(CC(=O)N1CCCN(c2ccc(-c3cccc(OC)c3)nn2)CC1)C(=O)c1cccc(F)c1. The molecule has 1 atom stereocenters. The lowest BCUT2D eigenvalue weighted by Gasteiger charge is -2.31. The van der Waals surface area contributed by atoms with E-state index in [4.69, 9.17) is 4.74 Å². The maximum Gasteiger partial charge on any atom is 0.254 e. The Morgan fingerprint density at radius 3 is 2.55 bits per heavy atom. The van der Waals surface area contributed by atoms with Gasteiger partial charge in [-0.05, 0) is 62.2 Å². The predicted molar refractivity (Wildman–Crippen MR) is 145 cm³/mol. The molecular weight excluding hydrogens is 485 g/mol. The molecule has 0 aliphatic carbocycles. The molecule has 1 saturated heterocycles. The number of methoxy groups -OCH3 is 1. The molecule has 3 aromatic rings. The average Bonchev–Trinajstić information content (AvgIpc) is 3.22. The molecule has 0 N–H and O–H groups in total. The van der Waals surface area contributed by atoms with Crippen molar-refractivity contribution < 1.29 is 18.7 Å². The average molecular weight is 520 g/mol. The third-order valence-electron chi connectivity index (χ3n) is 6.95.